The lowest BCUT2D eigenvalue weighted by Gasteiger charge is -2.10. The van der Waals surface area contributed by atoms with Gasteiger partial charge in [-0.15, -0.1) is 0 Å². The molecule has 0 aromatic heterocycles. The molecule has 0 aliphatic carbocycles. The molecular formula is C13H17FN2O. The first-order chi connectivity index (χ1) is 8.15. The number of unbranched alkanes of at least 4 members (excludes halogenated alkanes) is 2. The Kier molecular flexibility index (Phi) is 5.44. The molecule has 0 amide bonds. The monoisotopic (exact) mass is 236 g/mol. The van der Waals surface area contributed by atoms with Crippen LogP contribution in [0.25, 0.3) is 0 Å². The maximum Gasteiger partial charge on any atom is 0.165 e. The lowest BCUT2D eigenvalue weighted by molar-refractivity contribution is 0.292. The number of nitrogens with zero attached hydrogens (tertiary/aromatic N) is 1. The largest absolute Gasteiger partial charge is 0.491 e. The second kappa shape index (κ2) is 6.87. The molecule has 0 fully saturated rings. The second-order valence-electron chi connectivity index (χ2n) is 3.94. The SMILES string of the molecule is CC(N)c1ccc(OCCCCC#N)c(F)c1. The number of nitriles is 1. The summed E-state index contributed by atoms with van der Waals surface area (Å²) >= 11 is 0. The van der Waals surface area contributed by atoms with Crippen LogP contribution in [0.5, 0.6) is 5.75 Å². The van der Waals surface area contributed by atoms with Crippen LogP contribution in [0.15, 0.2) is 18.2 Å². The van der Waals surface area contributed by atoms with Crippen molar-refractivity contribution in [3.05, 3.63) is 29.6 Å². The summed E-state index contributed by atoms with van der Waals surface area (Å²) in [7, 11) is 0. The molecule has 1 aromatic carbocycles. The maximum atomic E-state index is 13.6. The Balaban J connectivity index is 2.47. The Bertz CT molecular complexity index is 399. The first kappa shape index (κ1) is 13.5. The van der Waals surface area contributed by atoms with Crippen molar-refractivity contribution in [2.24, 2.45) is 5.73 Å². The molecule has 92 valence electrons. The summed E-state index contributed by atoms with van der Waals surface area (Å²) in [6.45, 7) is 2.23. The van der Waals surface area contributed by atoms with Crippen molar-refractivity contribution in [1.29, 1.82) is 5.26 Å². The van der Waals surface area contributed by atoms with Gasteiger partial charge in [0.1, 0.15) is 0 Å². The van der Waals surface area contributed by atoms with E-state index in [2.05, 4.69) is 6.07 Å². The third-order valence-corrected chi connectivity index (χ3v) is 2.42. The average Bonchev–Trinajstić information content (AvgIpc) is 2.30. The molecular weight excluding hydrogens is 219 g/mol. The summed E-state index contributed by atoms with van der Waals surface area (Å²) < 4.78 is 18.8. The lowest BCUT2D eigenvalue weighted by Crippen LogP contribution is -2.06. The van der Waals surface area contributed by atoms with Crippen LogP contribution in [-0.4, -0.2) is 6.61 Å². The zero-order chi connectivity index (χ0) is 12.7. The van der Waals surface area contributed by atoms with Crippen LogP contribution >= 0.6 is 0 Å². The van der Waals surface area contributed by atoms with E-state index in [0.29, 0.717) is 13.0 Å². The first-order valence-corrected chi connectivity index (χ1v) is 5.70. The fraction of sp³-hybridized carbons (Fsp3) is 0.462. The standard InChI is InChI=1S/C13H17FN2O/c1-10(16)11-5-6-13(12(14)9-11)17-8-4-2-3-7-15/h5-6,9-10H,2-4,8,16H2,1H3. The van der Waals surface area contributed by atoms with Gasteiger partial charge in [0.15, 0.2) is 11.6 Å². The zero-order valence-electron chi connectivity index (χ0n) is 9.95. The van der Waals surface area contributed by atoms with Gasteiger partial charge in [0.2, 0.25) is 0 Å². The normalized spacial score (nSPS) is 11.9. The number of benzene rings is 1. The third-order valence-electron chi connectivity index (χ3n) is 2.42. The highest BCUT2D eigenvalue weighted by atomic mass is 19.1. The van der Waals surface area contributed by atoms with E-state index in [1.165, 1.54) is 6.07 Å². The van der Waals surface area contributed by atoms with Crippen LogP contribution in [0.1, 0.15) is 37.8 Å². The fourth-order valence-corrected chi connectivity index (χ4v) is 1.41. The fourth-order valence-electron chi connectivity index (χ4n) is 1.41. The Labute approximate surface area is 101 Å². The molecule has 0 bridgehead atoms. The molecule has 3 nitrogen and oxygen atoms in total. The molecule has 0 saturated carbocycles. The van der Waals surface area contributed by atoms with Crippen LogP contribution < -0.4 is 10.5 Å². The Morgan fingerprint density at radius 2 is 2.24 bits per heavy atom. The van der Waals surface area contributed by atoms with Gasteiger partial charge >= 0.3 is 0 Å². The van der Waals surface area contributed by atoms with Crippen LogP contribution in [0.3, 0.4) is 0 Å². The number of hydrogen-bond donors (Lipinski definition) is 1. The zero-order valence-corrected chi connectivity index (χ0v) is 9.95. The van der Waals surface area contributed by atoms with Gasteiger partial charge in [0, 0.05) is 12.5 Å². The Morgan fingerprint density at radius 3 is 2.82 bits per heavy atom. The third kappa shape index (κ3) is 4.41. The van der Waals surface area contributed by atoms with Gasteiger partial charge in [-0.1, -0.05) is 6.07 Å². The molecule has 2 N–H and O–H groups in total. The molecule has 1 unspecified atom stereocenters. The first-order valence-electron chi connectivity index (χ1n) is 5.70. The molecule has 0 spiro atoms. The van der Waals surface area contributed by atoms with E-state index >= 15 is 0 Å². The molecule has 0 heterocycles. The van der Waals surface area contributed by atoms with Gasteiger partial charge in [0.25, 0.3) is 0 Å². The van der Waals surface area contributed by atoms with Crippen molar-refractivity contribution in [1.82, 2.24) is 0 Å². The van der Waals surface area contributed by atoms with E-state index in [0.717, 1.165) is 18.4 Å². The summed E-state index contributed by atoms with van der Waals surface area (Å²) in [6, 6.07) is 6.62. The van der Waals surface area contributed by atoms with E-state index in [4.69, 9.17) is 15.7 Å². The lowest BCUT2D eigenvalue weighted by atomic mass is 10.1. The van der Waals surface area contributed by atoms with Gasteiger partial charge < -0.3 is 10.5 Å². The van der Waals surface area contributed by atoms with Crippen molar-refractivity contribution < 1.29 is 9.13 Å². The number of halogens is 1. The molecule has 1 atom stereocenters. The van der Waals surface area contributed by atoms with Crippen LogP contribution in [0.4, 0.5) is 4.39 Å². The average molecular weight is 236 g/mol. The van der Waals surface area contributed by atoms with Gasteiger partial charge in [-0.05, 0) is 37.5 Å². The summed E-state index contributed by atoms with van der Waals surface area (Å²) in [6.07, 6.45) is 2.04. The van der Waals surface area contributed by atoms with Crippen molar-refractivity contribution >= 4 is 0 Å². The Morgan fingerprint density at radius 1 is 1.47 bits per heavy atom. The highest BCUT2D eigenvalue weighted by molar-refractivity contribution is 5.30. The maximum absolute atomic E-state index is 13.6. The molecule has 17 heavy (non-hydrogen) atoms. The van der Waals surface area contributed by atoms with E-state index in [1.54, 1.807) is 19.1 Å². The predicted molar refractivity (Wildman–Crippen MR) is 64.0 cm³/mol. The van der Waals surface area contributed by atoms with Crippen molar-refractivity contribution in [2.45, 2.75) is 32.2 Å². The van der Waals surface area contributed by atoms with Gasteiger partial charge in [-0.2, -0.15) is 5.26 Å². The van der Waals surface area contributed by atoms with Gasteiger partial charge in [-0.25, -0.2) is 4.39 Å². The van der Waals surface area contributed by atoms with Crippen molar-refractivity contribution in [2.75, 3.05) is 6.61 Å². The van der Waals surface area contributed by atoms with Crippen LogP contribution in [-0.2, 0) is 0 Å². The number of hydrogen-bond acceptors (Lipinski definition) is 3. The highest BCUT2D eigenvalue weighted by Gasteiger charge is 2.06. The smallest absolute Gasteiger partial charge is 0.165 e. The number of rotatable bonds is 6. The highest BCUT2D eigenvalue weighted by Crippen LogP contribution is 2.21. The number of nitrogens with two attached hydrogens (primary N) is 1. The van der Waals surface area contributed by atoms with Gasteiger partial charge in [-0.3, -0.25) is 0 Å². The van der Waals surface area contributed by atoms with Crippen LogP contribution in [0.2, 0.25) is 0 Å². The molecule has 4 heteroatoms. The van der Waals surface area contributed by atoms with Crippen molar-refractivity contribution in [3.8, 4) is 11.8 Å². The molecule has 0 radical (unpaired) electrons. The topological polar surface area (TPSA) is 59.0 Å². The van der Waals surface area contributed by atoms with Crippen molar-refractivity contribution in [3.63, 3.8) is 0 Å². The Hall–Kier alpha value is -1.60. The quantitative estimate of drug-likeness (QED) is 0.772. The van der Waals surface area contributed by atoms with E-state index in [9.17, 15) is 4.39 Å². The summed E-state index contributed by atoms with van der Waals surface area (Å²) in [4.78, 5) is 0. The summed E-state index contributed by atoms with van der Waals surface area (Å²) in [5.41, 5.74) is 6.40. The van der Waals surface area contributed by atoms with Crippen LogP contribution in [0, 0.1) is 17.1 Å². The molecule has 1 aromatic rings. The van der Waals surface area contributed by atoms with E-state index in [-0.39, 0.29) is 17.6 Å². The molecule has 0 aliphatic heterocycles. The van der Waals surface area contributed by atoms with E-state index < -0.39 is 0 Å². The molecule has 0 saturated heterocycles. The number of ether oxygens (including phenoxy) is 1. The minimum absolute atomic E-state index is 0.186. The minimum atomic E-state index is -0.389. The summed E-state index contributed by atoms with van der Waals surface area (Å²) in [5, 5.41) is 8.35. The van der Waals surface area contributed by atoms with E-state index in [1.807, 2.05) is 0 Å². The minimum Gasteiger partial charge on any atom is -0.491 e. The molecule has 0 aliphatic rings. The second-order valence-corrected chi connectivity index (χ2v) is 3.94. The molecule has 1 rings (SSSR count). The predicted octanol–water partition coefficient (Wildman–Crippen LogP) is 2.92. The van der Waals surface area contributed by atoms with Gasteiger partial charge in [0.05, 0.1) is 12.7 Å². The summed E-state index contributed by atoms with van der Waals surface area (Å²) in [5.74, 6) is -0.147.